The zero-order valence-electron chi connectivity index (χ0n) is 11.7. The van der Waals surface area contributed by atoms with Crippen molar-refractivity contribution >= 4 is 21.8 Å². The maximum absolute atomic E-state index is 11.4. The average Bonchev–Trinajstić information content (AvgIpc) is 2.06. The lowest BCUT2D eigenvalue weighted by atomic mass is 10.2. The molecule has 0 spiro atoms. The van der Waals surface area contributed by atoms with Crippen molar-refractivity contribution < 1.29 is 65.0 Å². The maximum atomic E-state index is 11.4. The van der Waals surface area contributed by atoms with Crippen LogP contribution in [0.2, 0.25) is 0 Å². The molecule has 0 atom stereocenters. The van der Waals surface area contributed by atoms with Crippen LogP contribution in [0.3, 0.4) is 0 Å². The minimum atomic E-state index is -6.00. The molecule has 0 aliphatic rings. The van der Waals surface area contributed by atoms with Gasteiger partial charge >= 0.3 is 27.9 Å². The second-order valence-electron chi connectivity index (χ2n) is 3.56. The highest BCUT2D eigenvalue weighted by Crippen LogP contribution is 2.22. The summed E-state index contributed by atoms with van der Waals surface area (Å²) in [5.41, 5.74) is 0. The summed E-state index contributed by atoms with van der Waals surface area (Å²) in [5.74, 6) is 0. The highest BCUT2D eigenvalue weighted by atomic mass is 19.5. The largest absolute Gasteiger partial charge is 0.673 e. The van der Waals surface area contributed by atoms with Crippen molar-refractivity contribution in [3.8, 4) is 0 Å². The fourth-order valence-corrected chi connectivity index (χ4v) is 0.575. The number of unbranched alkanes of at least 4 members (excludes halogenated alkanes) is 2. The Labute approximate surface area is 127 Å². The van der Waals surface area contributed by atoms with Crippen LogP contribution in [0.15, 0.2) is 0 Å². The predicted molar refractivity (Wildman–Crippen MR) is 60.8 cm³/mol. The highest BCUT2D eigenvalue weighted by molar-refractivity contribution is 6.50. The van der Waals surface area contributed by atoms with Crippen LogP contribution in [0.25, 0.3) is 0 Å². The molecule has 152 valence electrons. The molecule has 0 N–H and O–H groups in total. The van der Waals surface area contributed by atoms with E-state index in [1.54, 1.807) is 0 Å². The SMILES string of the molecule is CCCCCC(F)(F)F.F[B-](F)(F)F.F[B-](F)(F)F.F[B-](F)(F)F. The number of rotatable bonds is 3. The molecule has 18 heteroatoms. The summed E-state index contributed by atoms with van der Waals surface area (Å²) in [6.07, 6.45) is -2.77. The van der Waals surface area contributed by atoms with Crippen molar-refractivity contribution in [2.45, 2.75) is 38.8 Å². The van der Waals surface area contributed by atoms with Crippen LogP contribution in [0.5, 0.6) is 0 Å². The molecule has 0 aliphatic carbocycles. The normalized spacial score (nSPS) is 12.0. The molecule has 0 saturated carbocycles. The lowest BCUT2D eigenvalue weighted by Crippen LogP contribution is -2.05. The number of alkyl halides is 3. The van der Waals surface area contributed by atoms with Crippen LogP contribution in [-0.2, 0) is 0 Å². The smallest absolute Gasteiger partial charge is 0.418 e. The van der Waals surface area contributed by atoms with E-state index in [0.717, 1.165) is 6.42 Å². The summed E-state index contributed by atoms with van der Waals surface area (Å²) >= 11 is 0. The molecule has 0 aromatic rings. The van der Waals surface area contributed by atoms with Gasteiger partial charge in [0.1, 0.15) is 0 Å². The lowest BCUT2D eigenvalue weighted by molar-refractivity contribution is -0.135. The van der Waals surface area contributed by atoms with Gasteiger partial charge in [0.05, 0.1) is 0 Å². The summed E-state index contributed by atoms with van der Waals surface area (Å²) in [7, 11) is -18.0. The van der Waals surface area contributed by atoms with Gasteiger partial charge in [-0.1, -0.05) is 19.8 Å². The van der Waals surface area contributed by atoms with E-state index < -0.39 is 34.4 Å². The zero-order chi connectivity index (χ0) is 20.8. The predicted octanol–water partition coefficient (Wildman–Crippen LogP) is 7.03. The van der Waals surface area contributed by atoms with Crippen LogP contribution >= 0.6 is 0 Å². The molecule has 0 amide bonds. The van der Waals surface area contributed by atoms with Crippen molar-refractivity contribution in [3.63, 3.8) is 0 Å². The van der Waals surface area contributed by atoms with Gasteiger partial charge in [0.2, 0.25) is 0 Å². The Morgan fingerprint density at radius 3 is 0.875 bits per heavy atom. The number of hydrogen-bond donors (Lipinski definition) is 0. The summed E-state index contributed by atoms with van der Waals surface area (Å²) in [4.78, 5) is 0. The fourth-order valence-electron chi connectivity index (χ4n) is 0.575. The molecular formula is C6H11B3F15-3. The van der Waals surface area contributed by atoms with Gasteiger partial charge in [-0.2, -0.15) is 13.2 Å². The van der Waals surface area contributed by atoms with E-state index in [9.17, 15) is 65.0 Å². The van der Waals surface area contributed by atoms with E-state index in [0.29, 0.717) is 6.42 Å². The maximum Gasteiger partial charge on any atom is 0.673 e. The van der Waals surface area contributed by atoms with Gasteiger partial charge < -0.3 is 51.8 Å². The molecule has 0 rings (SSSR count). The summed E-state index contributed by atoms with van der Waals surface area (Å²) in [6.45, 7) is 1.89. The quantitative estimate of drug-likeness (QED) is 0.271. The number of hydrogen-bond acceptors (Lipinski definition) is 0. The van der Waals surface area contributed by atoms with Crippen LogP contribution in [0.4, 0.5) is 65.0 Å². The van der Waals surface area contributed by atoms with Crippen LogP contribution in [0.1, 0.15) is 32.6 Å². The fraction of sp³-hybridized carbons (Fsp3) is 1.00. The van der Waals surface area contributed by atoms with Gasteiger partial charge in [-0.25, -0.2) is 0 Å². The molecule has 0 aromatic carbocycles. The second-order valence-corrected chi connectivity index (χ2v) is 3.56. The Balaban J connectivity index is -0.000000116. The second kappa shape index (κ2) is 13.4. The molecule has 0 radical (unpaired) electrons. The van der Waals surface area contributed by atoms with Crippen molar-refractivity contribution in [2.75, 3.05) is 0 Å². The summed E-state index contributed by atoms with van der Waals surface area (Å²) < 4.78 is 151. The first-order chi connectivity index (χ1) is 10.1. The van der Waals surface area contributed by atoms with E-state index in [1.165, 1.54) is 0 Å². The first kappa shape index (κ1) is 31.0. The minimum absolute atomic E-state index is 0.278. The Hall–Kier alpha value is -0.855. The standard InChI is InChI=1S/C6H11F3.3BF4/c1-2-3-4-5-6(7,8)9;3*2-1(3,4)5/h2-5H2,1H3;;;/q;3*-1. The Morgan fingerprint density at radius 2 is 0.750 bits per heavy atom. The van der Waals surface area contributed by atoms with Crippen molar-refractivity contribution in [1.82, 2.24) is 0 Å². The number of halogens is 15. The third-order valence-corrected chi connectivity index (χ3v) is 1.06. The first-order valence-electron chi connectivity index (χ1n) is 5.75. The van der Waals surface area contributed by atoms with Gasteiger partial charge in [-0.15, -0.1) is 0 Å². The third-order valence-electron chi connectivity index (χ3n) is 1.06. The van der Waals surface area contributed by atoms with Crippen molar-refractivity contribution in [3.05, 3.63) is 0 Å². The average molecular weight is 401 g/mol. The summed E-state index contributed by atoms with van der Waals surface area (Å²) in [5, 5.41) is 0. The van der Waals surface area contributed by atoms with Gasteiger partial charge in [0, 0.05) is 6.42 Å². The molecule has 0 unspecified atom stereocenters. The van der Waals surface area contributed by atoms with Gasteiger partial charge in [-0.3, -0.25) is 0 Å². The Bertz CT molecular complexity index is 216. The zero-order valence-corrected chi connectivity index (χ0v) is 11.7. The molecule has 0 aliphatic heterocycles. The molecule has 0 heterocycles. The molecule has 0 saturated heterocycles. The van der Waals surface area contributed by atoms with E-state index in [1.807, 2.05) is 6.92 Å². The molecule has 24 heavy (non-hydrogen) atoms. The monoisotopic (exact) mass is 401 g/mol. The molecule has 0 nitrogen and oxygen atoms in total. The van der Waals surface area contributed by atoms with Crippen LogP contribution in [0, 0.1) is 0 Å². The third kappa shape index (κ3) is 324. The van der Waals surface area contributed by atoms with Crippen LogP contribution < -0.4 is 0 Å². The van der Waals surface area contributed by atoms with Gasteiger partial charge in [0.25, 0.3) is 0 Å². The first-order valence-corrected chi connectivity index (χ1v) is 5.75. The highest BCUT2D eigenvalue weighted by Gasteiger charge is 2.25. The van der Waals surface area contributed by atoms with E-state index in [4.69, 9.17) is 0 Å². The van der Waals surface area contributed by atoms with Crippen molar-refractivity contribution in [2.24, 2.45) is 0 Å². The van der Waals surface area contributed by atoms with E-state index in [2.05, 4.69) is 0 Å². The Kier molecular flexibility index (Phi) is 17.3. The molecule has 0 bridgehead atoms. The van der Waals surface area contributed by atoms with E-state index in [-0.39, 0.29) is 6.42 Å². The summed E-state index contributed by atoms with van der Waals surface area (Å²) in [6, 6.07) is 0. The minimum Gasteiger partial charge on any atom is -0.418 e. The lowest BCUT2D eigenvalue weighted by Gasteiger charge is -2.03. The molecule has 0 aromatic heterocycles. The van der Waals surface area contributed by atoms with Crippen LogP contribution in [-0.4, -0.2) is 27.9 Å². The molecular weight excluding hydrogens is 389 g/mol. The molecule has 0 fully saturated rings. The van der Waals surface area contributed by atoms with Gasteiger partial charge in [0.15, 0.2) is 0 Å². The topological polar surface area (TPSA) is 0 Å². The Morgan fingerprint density at radius 1 is 0.542 bits per heavy atom. The van der Waals surface area contributed by atoms with E-state index >= 15 is 0 Å². The van der Waals surface area contributed by atoms with Gasteiger partial charge in [-0.05, 0) is 6.42 Å². The van der Waals surface area contributed by atoms with Crippen molar-refractivity contribution in [1.29, 1.82) is 0 Å².